The van der Waals surface area contributed by atoms with Gasteiger partial charge in [-0.1, -0.05) is 24.3 Å². The van der Waals surface area contributed by atoms with E-state index in [0.29, 0.717) is 5.52 Å². The molecular formula is C18H17F2N3O3S. The fourth-order valence-electron chi connectivity index (χ4n) is 2.88. The van der Waals surface area contributed by atoms with Gasteiger partial charge in [0.25, 0.3) is 5.91 Å². The first-order valence-electron chi connectivity index (χ1n) is 7.98. The number of aromatic nitrogens is 2. The molecule has 3 rings (SSSR count). The largest absolute Gasteiger partial charge is 0.334 e. The molecule has 2 aromatic carbocycles. The summed E-state index contributed by atoms with van der Waals surface area (Å²) >= 11 is 0. The number of fused-ring (bicyclic) bond motifs is 1. The van der Waals surface area contributed by atoms with Gasteiger partial charge in [-0.3, -0.25) is 9.36 Å². The number of sulfone groups is 1. The van der Waals surface area contributed by atoms with Crippen molar-refractivity contribution in [2.45, 2.75) is 18.0 Å². The van der Waals surface area contributed by atoms with Crippen LogP contribution in [0.15, 0.2) is 53.4 Å². The Bertz CT molecular complexity index is 1110. The molecule has 0 unspecified atom stereocenters. The van der Waals surface area contributed by atoms with E-state index in [4.69, 9.17) is 0 Å². The highest BCUT2D eigenvalue weighted by Crippen LogP contribution is 2.24. The van der Waals surface area contributed by atoms with Gasteiger partial charge >= 0.3 is 6.55 Å². The highest BCUT2D eigenvalue weighted by molar-refractivity contribution is 7.90. The van der Waals surface area contributed by atoms with E-state index in [2.05, 4.69) is 4.98 Å². The maximum Gasteiger partial charge on any atom is 0.320 e. The van der Waals surface area contributed by atoms with Gasteiger partial charge in [0.1, 0.15) is 5.82 Å². The molecule has 142 valence electrons. The topological polar surface area (TPSA) is 72.3 Å². The molecule has 0 aliphatic rings. The molecule has 0 saturated heterocycles. The maximum atomic E-state index is 13.5. The second-order valence-electron chi connectivity index (χ2n) is 6.09. The van der Waals surface area contributed by atoms with Crippen molar-refractivity contribution >= 4 is 26.8 Å². The zero-order chi connectivity index (χ0) is 19.8. The maximum absolute atomic E-state index is 13.5. The zero-order valence-electron chi connectivity index (χ0n) is 14.6. The predicted molar refractivity (Wildman–Crippen MR) is 96.3 cm³/mol. The number of carbonyl (C=O) groups is 1. The number of amides is 1. The van der Waals surface area contributed by atoms with Crippen molar-refractivity contribution in [2.24, 2.45) is 0 Å². The summed E-state index contributed by atoms with van der Waals surface area (Å²) in [5, 5.41) is 0. The lowest BCUT2D eigenvalue weighted by Crippen LogP contribution is -2.29. The van der Waals surface area contributed by atoms with Crippen LogP contribution in [0.2, 0.25) is 0 Å². The van der Waals surface area contributed by atoms with Crippen molar-refractivity contribution in [3.63, 3.8) is 0 Å². The normalized spacial score (nSPS) is 11.9. The van der Waals surface area contributed by atoms with Crippen LogP contribution < -0.4 is 0 Å². The number of halogens is 2. The second kappa shape index (κ2) is 7.07. The van der Waals surface area contributed by atoms with Crippen LogP contribution in [0.1, 0.15) is 22.7 Å². The van der Waals surface area contributed by atoms with E-state index in [1.807, 2.05) is 0 Å². The Morgan fingerprint density at radius 3 is 2.44 bits per heavy atom. The molecule has 27 heavy (non-hydrogen) atoms. The number of hydrogen-bond donors (Lipinski definition) is 0. The smallest absolute Gasteiger partial charge is 0.320 e. The molecule has 3 aromatic rings. The third-order valence-corrected chi connectivity index (χ3v) is 5.26. The van der Waals surface area contributed by atoms with Crippen LogP contribution in [0.25, 0.3) is 11.0 Å². The first-order chi connectivity index (χ1) is 12.7. The summed E-state index contributed by atoms with van der Waals surface area (Å²) in [4.78, 5) is 18.0. The van der Waals surface area contributed by atoms with Gasteiger partial charge in [0, 0.05) is 13.3 Å². The molecular weight excluding hydrogens is 376 g/mol. The van der Waals surface area contributed by atoms with E-state index < -0.39 is 22.3 Å². The van der Waals surface area contributed by atoms with Crippen LogP contribution in [-0.4, -0.2) is 42.1 Å². The van der Waals surface area contributed by atoms with Gasteiger partial charge in [0.05, 0.1) is 28.0 Å². The lowest BCUT2D eigenvalue weighted by Gasteiger charge is -2.19. The minimum atomic E-state index is -3.62. The highest BCUT2D eigenvalue weighted by atomic mass is 32.2. The van der Waals surface area contributed by atoms with Crippen molar-refractivity contribution in [2.75, 3.05) is 13.3 Å². The number of alkyl halides is 2. The van der Waals surface area contributed by atoms with Gasteiger partial charge in [-0.2, -0.15) is 8.78 Å². The number of imidazole rings is 1. The number of nitrogens with zero attached hydrogens (tertiary/aromatic N) is 3. The van der Waals surface area contributed by atoms with Gasteiger partial charge in [-0.15, -0.1) is 0 Å². The summed E-state index contributed by atoms with van der Waals surface area (Å²) in [5.74, 6) is -0.581. The van der Waals surface area contributed by atoms with Crippen molar-refractivity contribution < 1.29 is 22.0 Å². The molecule has 0 radical (unpaired) electrons. The van der Waals surface area contributed by atoms with E-state index in [-0.39, 0.29) is 28.3 Å². The van der Waals surface area contributed by atoms with Crippen molar-refractivity contribution in [1.82, 2.24) is 14.5 Å². The average Bonchev–Trinajstić information content (AvgIpc) is 2.98. The summed E-state index contributed by atoms with van der Waals surface area (Å²) in [6.07, 6.45) is 1.01. The van der Waals surface area contributed by atoms with Crippen molar-refractivity contribution in [3.8, 4) is 0 Å². The monoisotopic (exact) mass is 393 g/mol. The molecule has 0 bridgehead atoms. The molecule has 0 aliphatic carbocycles. The summed E-state index contributed by atoms with van der Waals surface area (Å²) in [7, 11) is -2.20. The van der Waals surface area contributed by atoms with E-state index >= 15 is 0 Å². The Hall–Kier alpha value is -2.81. The molecule has 0 fully saturated rings. The fraction of sp³-hybridized carbons (Fsp3) is 0.222. The van der Waals surface area contributed by atoms with Crippen LogP contribution in [0.4, 0.5) is 8.78 Å². The quantitative estimate of drug-likeness (QED) is 0.668. The summed E-state index contributed by atoms with van der Waals surface area (Å²) in [6, 6.07) is 12.2. The lowest BCUT2D eigenvalue weighted by atomic mass is 10.2. The summed E-state index contributed by atoms with van der Waals surface area (Å²) in [6.45, 7) is -3.02. The minimum Gasteiger partial charge on any atom is -0.334 e. The Balaban J connectivity index is 1.97. The number of hydrogen-bond acceptors (Lipinski definition) is 4. The van der Waals surface area contributed by atoms with Gasteiger partial charge in [0.15, 0.2) is 9.84 Å². The molecule has 1 aromatic heterocycles. The van der Waals surface area contributed by atoms with Crippen LogP contribution in [0.3, 0.4) is 0 Å². The van der Waals surface area contributed by atoms with Gasteiger partial charge in [-0.25, -0.2) is 13.4 Å². The zero-order valence-corrected chi connectivity index (χ0v) is 15.5. The van der Waals surface area contributed by atoms with E-state index in [1.165, 1.54) is 36.2 Å². The Labute approximate surface area is 155 Å². The first kappa shape index (κ1) is 19.0. The summed E-state index contributed by atoms with van der Waals surface area (Å²) in [5.41, 5.74) is 0.646. The average molecular weight is 393 g/mol. The van der Waals surface area contributed by atoms with Crippen LogP contribution in [0.5, 0.6) is 0 Å². The lowest BCUT2D eigenvalue weighted by molar-refractivity contribution is 0.0645. The van der Waals surface area contributed by atoms with Crippen LogP contribution in [0, 0.1) is 0 Å². The van der Waals surface area contributed by atoms with E-state index in [0.717, 1.165) is 10.8 Å². The Morgan fingerprint density at radius 2 is 1.78 bits per heavy atom. The third kappa shape index (κ3) is 3.68. The van der Waals surface area contributed by atoms with E-state index in [9.17, 15) is 22.0 Å². The molecule has 1 amide bonds. The Morgan fingerprint density at radius 1 is 1.15 bits per heavy atom. The first-order valence-corrected chi connectivity index (χ1v) is 9.88. The number of benzene rings is 2. The predicted octanol–water partition coefficient (Wildman–Crippen LogP) is 3.11. The standard InChI is InChI=1S/C18H17F2N3O3S/c1-22(17(24)12-7-3-6-10-15(12)27(2,25)26)11-16-21-13-8-4-5-9-14(13)23(16)18(19)20/h3-10,18H,11H2,1-2H3. The molecule has 0 spiro atoms. The van der Waals surface area contributed by atoms with E-state index in [1.54, 1.807) is 24.3 Å². The van der Waals surface area contributed by atoms with Gasteiger partial charge in [-0.05, 0) is 24.3 Å². The molecule has 0 aliphatic heterocycles. The summed E-state index contributed by atoms with van der Waals surface area (Å²) < 4.78 is 51.6. The number of carbonyl (C=O) groups excluding carboxylic acids is 1. The van der Waals surface area contributed by atoms with Gasteiger partial charge < -0.3 is 4.90 Å². The van der Waals surface area contributed by atoms with Gasteiger partial charge in [0.2, 0.25) is 0 Å². The molecule has 0 N–H and O–H groups in total. The number of rotatable bonds is 5. The third-order valence-electron chi connectivity index (χ3n) is 4.11. The minimum absolute atomic E-state index is 0.0118. The van der Waals surface area contributed by atoms with Crippen molar-refractivity contribution in [1.29, 1.82) is 0 Å². The number of para-hydroxylation sites is 2. The van der Waals surface area contributed by atoms with Crippen molar-refractivity contribution in [3.05, 3.63) is 59.9 Å². The SMILES string of the molecule is CN(Cc1nc2ccccc2n1C(F)F)C(=O)c1ccccc1S(C)(=O)=O. The fourth-order valence-corrected chi connectivity index (χ4v) is 3.76. The Kier molecular flexibility index (Phi) is 4.97. The molecule has 0 saturated carbocycles. The molecule has 0 atom stereocenters. The second-order valence-corrected chi connectivity index (χ2v) is 8.08. The molecule has 1 heterocycles. The highest BCUT2D eigenvalue weighted by Gasteiger charge is 2.24. The van der Waals surface area contributed by atoms with Crippen LogP contribution >= 0.6 is 0 Å². The van der Waals surface area contributed by atoms with Crippen LogP contribution in [-0.2, 0) is 16.4 Å². The molecule has 9 heteroatoms. The molecule has 6 nitrogen and oxygen atoms in total.